The van der Waals surface area contributed by atoms with Gasteiger partial charge in [0.1, 0.15) is 6.10 Å². The molecule has 2 aliphatic rings. The van der Waals surface area contributed by atoms with Gasteiger partial charge >= 0.3 is 0 Å². The SMILES string of the molecule is O=C(C1CCCO1)N1CCC(c2cc3ccccc3[nH]2)CC1. The summed E-state index contributed by atoms with van der Waals surface area (Å²) in [5, 5.41) is 1.27. The van der Waals surface area contributed by atoms with Crippen molar-refractivity contribution in [3.63, 3.8) is 0 Å². The minimum absolute atomic E-state index is 0.176. The molecular weight excluding hydrogens is 276 g/mol. The molecule has 2 aliphatic heterocycles. The van der Waals surface area contributed by atoms with Crippen molar-refractivity contribution in [2.75, 3.05) is 19.7 Å². The fourth-order valence-electron chi connectivity index (χ4n) is 3.70. The van der Waals surface area contributed by atoms with E-state index in [-0.39, 0.29) is 12.0 Å². The molecule has 3 heterocycles. The number of fused-ring (bicyclic) bond motifs is 1. The van der Waals surface area contributed by atoms with Crippen molar-refractivity contribution in [1.82, 2.24) is 9.88 Å². The van der Waals surface area contributed by atoms with Crippen LogP contribution in [0.5, 0.6) is 0 Å². The van der Waals surface area contributed by atoms with Crippen LogP contribution in [0, 0.1) is 0 Å². The van der Waals surface area contributed by atoms with Crippen molar-refractivity contribution in [1.29, 1.82) is 0 Å². The number of hydrogen-bond donors (Lipinski definition) is 1. The number of likely N-dealkylation sites (tertiary alicyclic amines) is 1. The molecule has 0 bridgehead atoms. The van der Waals surface area contributed by atoms with Crippen molar-refractivity contribution in [2.24, 2.45) is 0 Å². The van der Waals surface area contributed by atoms with Gasteiger partial charge in [0.15, 0.2) is 0 Å². The van der Waals surface area contributed by atoms with E-state index >= 15 is 0 Å². The number of rotatable bonds is 2. The minimum atomic E-state index is -0.176. The quantitative estimate of drug-likeness (QED) is 0.926. The summed E-state index contributed by atoms with van der Waals surface area (Å²) in [5.74, 6) is 0.730. The van der Waals surface area contributed by atoms with Gasteiger partial charge in [-0.1, -0.05) is 18.2 Å². The van der Waals surface area contributed by atoms with Gasteiger partial charge in [-0.2, -0.15) is 0 Å². The summed E-state index contributed by atoms with van der Waals surface area (Å²) in [6.45, 7) is 2.43. The largest absolute Gasteiger partial charge is 0.368 e. The molecule has 1 amide bonds. The van der Waals surface area contributed by atoms with Crippen LogP contribution in [0.4, 0.5) is 0 Å². The molecule has 1 atom stereocenters. The molecule has 22 heavy (non-hydrogen) atoms. The van der Waals surface area contributed by atoms with E-state index in [0.29, 0.717) is 5.92 Å². The fraction of sp³-hybridized carbons (Fsp3) is 0.500. The van der Waals surface area contributed by atoms with Crippen molar-refractivity contribution in [3.8, 4) is 0 Å². The number of aromatic amines is 1. The maximum atomic E-state index is 12.4. The lowest BCUT2D eigenvalue weighted by atomic mass is 9.93. The van der Waals surface area contributed by atoms with Crippen LogP contribution in [-0.4, -0.2) is 41.6 Å². The zero-order valence-corrected chi connectivity index (χ0v) is 12.8. The number of carbonyl (C=O) groups is 1. The molecule has 2 aromatic rings. The number of carbonyl (C=O) groups excluding carboxylic acids is 1. The average Bonchev–Trinajstić information content (AvgIpc) is 3.23. The van der Waals surface area contributed by atoms with E-state index in [4.69, 9.17) is 4.74 Å². The fourth-order valence-corrected chi connectivity index (χ4v) is 3.70. The molecule has 4 heteroatoms. The van der Waals surface area contributed by atoms with Gasteiger partial charge in [0.2, 0.25) is 0 Å². The van der Waals surface area contributed by atoms with Crippen LogP contribution in [0.3, 0.4) is 0 Å². The Morgan fingerprint density at radius 3 is 2.73 bits per heavy atom. The number of H-pyrrole nitrogens is 1. The first kappa shape index (κ1) is 13.8. The second kappa shape index (κ2) is 5.76. The molecule has 0 radical (unpaired) electrons. The summed E-state index contributed by atoms with van der Waals surface area (Å²) in [4.78, 5) is 17.9. The van der Waals surface area contributed by atoms with Gasteiger partial charge in [0.25, 0.3) is 5.91 Å². The summed E-state index contributed by atoms with van der Waals surface area (Å²) >= 11 is 0. The first-order valence-corrected chi connectivity index (χ1v) is 8.29. The number of nitrogens with one attached hydrogen (secondary N) is 1. The number of nitrogens with zero attached hydrogens (tertiary/aromatic N) is 1. The molecule has 0 aliphatic carbocycles. The number of para-hydroxylation sites is 1. The van der Waals surface area contributed by atoms with E-state index in [2.05, 4.69) is 35.3 Å². The second-order valence-corrected chi connectivity index (χ2v) is 6.41. The molecule has 1 N–H and O–H groups in total. The third-order valence-electron chi connectivity index (χ3n) is 5.00. The van der Waals surface area contributed by atoms with Crippen molar-refractivity contribution < 1.29 is 9.53 Å². The maximum absolute atomic E-state index is 12.4. The van der Waals surface area contributed by atoms with Crippen LogP contribution in [0.15, 0.2) is 30.3 Å². The van der Waals surface area contributed by atoms with Crippen molar-refractivity contribution in [3.05, 3.63) is 36.0 Å². The van der Waals surface area contributed by atoms with Gasteiger partial charge in [-0.3, -0.25) is 4.79 Å². The molecule has 2 saturated heterocycles. The molecule has 1 unspecified atom stereocenters. The molecule has 4 rings (SSSR count). The number of amides is 1. The van der Waals surface area contributed by atoms with Crippen molar-refractivity contribution >= 4 is 16.8 Å². The predicted octanol–water partition coefficient (Wildman–Crippen LogP) is 3.05. The molecule has 1 aromatic carbocycles. The Hall–Kier alpha value is -1.81. The number of ether oxygens (including phenoxy) is 1. The van der Waals surface area contributed by atoms with Gasteiger partial charge in [-0.05, 0) is 43.2 Å². The van der Waals surface area contributed by atoms with Crippen LogP contribution in [0.1, 0.15) is 37.3 Å². The Labute approximate surface area is 130 Å². The zero-order chi connectivity index (χ0) is 14.9. The first-order chi connectivity index (χ1) is 10.8. The van der Waals surface area contributed by atoms with Crippen molar-refractivity contribution in [2.45, 2.75) is 37.7 Å². The predicted molar refractivity (Wildman–Crippen MR) is 85.8 cm³/mol. The number of piperidine rings is 1. The van der Waals surface area contributed by atoms with E-state index in [1.165, 1.54) is 16.6 Å². The average molecular weight is 298 g/mol. The summed E-state index contributed by atoms with van der Waals surface area (Å²) in [6, 6.07) is 10.7. The highest BCUT2D eigenvalue weighted by Crippen LogP contribution is 2.30. The standard InChI is InChI=1S/C18H22N2O2/c21-18(17-6-3-11-22-17)20-9-7-13(8-10-20)16-12-14-4-1-2-5-15(14)19-16/h1-2,4-5,12-13,17,19H,3,6-11H2. The third kappa shape index (κ3) is 2.52. The topological polar surface area (TPSA) is 45.3 Å². The molecule has 116 valence electrons. The molecule has 1 aromatic heterocycles. The summed E-state index contributed by atoms with van der Waals surface area (Å²) < 4.78 is 5.52. The highest BCUT2D eigenvalue weighted by molar-refractivity contribution is 5.81. The Balaban J connectivity index is 1.41. The number of hydrogen-bond acceptors (Lipinski definition) is 2. The van der Waals surface area contributed by atoms with Gasteiger partial charge in [-0.25, -0.2) is 0 Å². The van der Waals surface area contributed by atoms with Crippen LogP contribution >= 0.6 is 0 Å². The number of aromatic nitrogens is 1. The highest BCUT2D eigenvalue weighted by Gasteiger charge is 2.31. The molecule has 0 spiro atoms. The van der Waals surface area contributed by atoms with Crippen LogP contribution in [-0.2, 0) is 9.53 Å². The summed E-state index contributed by atoms with van der Waals surface area (Å²) in [5.41, 5.74) is 2.51. The Kier molecular flexibility index (Phi) is 3.62. The van der Waals surface area contributed by atoms with Crippen LogP contribution < -0.4 is 0 Å². The van der Waals surface area contributed by atoms with E-state index in [1.807, 2.05) is 4.90 Å². The highest BCUT2D eigenvalue weighted by atomic mass is 16.5. The molecule has 0 saturated carbocycles. The third-order valence-corrected chi connectivity index (χ3v) is 5.00. The zero-order valence-electron chi connectivity index (χ0n) is 12.8. The minimum Gasteiger partial charge on any atom is -0.368 e. The lowest BCUT2D eigenvalue weighted by Crippen LogP contribution is -2.43. The van der Waals surface area contributed by atoms with E-state index in [1.54, 1.807) is 0 Å². The Morgan fingerprint density at radius 1 is 1.18 bits per heavy atom. The van der Waals surface area contributed by atoms with Gasteiger partial charge in [0, 0.05) is 36.8 Å². The summed E-state index contributed by atoms with van der Waals surface area (Å²) in [6.07, 6.45) is 3.80. The molecule has 4 nitrogen and oxygen atoms in total. The Bertz CT molecular complexity index is 632. The lowest BCUT2D eigenvalue weighted by Gasteiger charge is -2.33. The van der Waals surface area contributed by atoms with E-state index < -0.39 is 0 Å². The smallest absolute Gasteiger partial charge is 0.251 e. The molecular formula is C18H22N2O2. The lowest BCUT2D eigenvalue weighted by molar-refractivity contribution is -0.142. The van der Waals surface area contributed by atoms with Crippen LogP contribution in [0.2, 0.25) is 0 Å². The normalized spacial score (nSPS) is 23.3. The van der Waals surface area contributed by atoms with Gasteiger partial charge in [-0.15, -0.1) is 0 Å². The Morgan fingerprint density at radius 2 is 2.00 bits per heavy atom. The second-order valence-electron chi connectivity index (χ2n) is 6.41. The van der Waals surface area contributed by atoms with Gasteiger partial charge in [0.05, 0.1) is 0 Å². The molecule has 2 fully saturated rings. The van der Waals surface area contributed by atoms with E-state index in [9.17, 15) is 4.79 Å². The maximum Gasteiger partial charge on any atom is 0.251 e. The number of benzene rings is 1. The van der Waals surface area contributed by atoms with E-state index in [0.717, 1.165) is 45.4 Å². The van der Waals surface area contributed by atoms with Gasteiger partial charge < -0.3 is 14.6 Å². The van der Waals surface area contributed by atoms with Crippen LogP contribution in [0.25, 0.3) is 10.9 Å². The monoisotopic (exact) mass is 298 g/mol. The summed E-state index contributed by atoms with van der Waals surface area (Å²) in [7, 11) is 0. The first-order valence-electron chi connectivity index (χ1n) is 8.29.